The summed E-state index contributed by atoms with van der Waals surface area (Å²) in [6.45, 7) is 0.837. The van der Waals surface area contributed by atoms with E-state index in [4.69, 9.17) is 5.14 Å². The molecule has 0 aromatic heterocycles. The van der Waals surface area contributed by atoms with Gasteiger partial charge in [-0.1, -0.05) is 0 Å². The van der Waals surface area contributed by atoms with Gasteiger partial charge >= 0.3 is 0 Å². The van der Waals surface area contributed by atoms with Crippen molar-refractivity contribution < 1.29 is 13.2 Å². The highest BCUT2D eigenvalue weighted by Crippen LogP contribution is 2.25. The predicted octanol–water partition coefficient (Wildman–Crippen LogP) is 0.787. The lowest BCUT2D eigenvalue weighted by Crippen LogP contribution is -2.35. The van der Waals surface area contributed by atoms with Crippen LogP contribution in [0.2, 0.25) is 0 Å². The number of halogens is 1. The van der Waals surface area contributed by atoms with Crippen molar-refractivity contribution in [3.8, 4) is 0 Å². The Hall–Kier alpha value is -0.960. The fraction of sp³-hybridized carbons (Fsp3) is 0.364. The van der Waals surface area contributed by atoms with Gasteiger partial charge in [0.1, 0.15) is 0 Å². The Morgan fingerprint density at radius 3 is 2.74 bits per heavy atom. The Labute approximate surface area is 119 Å². The number of primary sulfonamides is 1. The molecule has 1 aliphatic heterocycles. The summed E-state index contributed by atoms with van der Waals surface area (Å²) in [5.74, 6) is -0.124. The van der Waals surface area contributed by atoms with E-state index in [9.17, 15) is 13.2 Å². The summed E-state index contributed by atoms with van der Waals surface area (Å²) >= 11 is 3.22. The average Bonchev–Trinajstić information content (AvgIpc) is 2.84. The molecule has 1 aliphatic rings. The van der Waals surface area contributed by atoms with Gasteiger partial charge in [-0.2, -0.15) is 0 Å². The predicted molar refractivity (Wildman–Crippen MR) is 75.2 cm³/mol. The zero-order valence-corrected chi connectivity index (χ0v) is 12.4. The first-order valence-electron chi connectivity index (χ1n) is 5.74. The number of hydrogen-bond acceptors (Lipinski definition) is 4. The zero-order chi connectivity index (χ0) is 14.0. The van der Waals surface area contributed by atoms with Crippen LogP contribution in [0, 0.1) is 0 Å². The summed E-state index contributed by atoms with van der Waals surface area (Å²) in [5, 5.41) is 10.9. The number of rotatable bonds is 3. The molecule has 0 unspecified atom stereocenters. The van der Waals surface area contributed by atoms with Crippen molar-refractivity contribution in [3.63, 3.8) is 0 Å². The lowest BCUT2D eigenvalue weighted by molar-refractivity contribution is -0.117. The van der Waals surface area contributed by atoms with Gasteiger partial charge in [-0.15, -0.1) is 0 Å². The van der Waals surface area contributed by atoms with Gasteiger partial charge in [0.2, 0.25) is 15.9 Å². The molecule has 104 valence electrons. The number of carbonyl (C=O) groups excluding carboxylic acids is 1. The van der Waals surface area contributed by atoms with E-state index in [0.29, 0.717) is 10.2 Å². The summed E-state index contributed by atoms with van der Waals surface area (Å²) in [6, 6.07) is 4.05. The minimum absolute atomic E-state index is 0.00337. The minimum Gasteiger partial charge on any atom is -0.324 e. The van der Waals surface area contributed by atoms with Crippen LogP contribution in [0.25, 0.3) is 0 Å². The quantitative estimate of drug-likeness (QED) is 0.752. The first kappa shape index (κ1) is 14.4. The van der Waals surface area contributed by atoms with Crippen LogP contribution < -0.4 is 15.8 Å². The third-order valence-electron chi connectivity index (χ3n) is 2.90. The van der Waals surface area contributed by atoms with Crippen molar-refractivity contribution in [3.05, 3.63) is 22.7 Å². The van der Waals surface area contributed by atoms with Crippen molar-refractivity contribution in [2.24, 2.45) is 5.14 Å². The maximum Gasteiger partial charge on any atom is 0.241 e. The summed E-state index contributed by atoms with van der Waals surface area (Å²) in [6.07, 6.45) is 1.78. The highest BCUT2D eigenvalue weighted by atomic mass is 79.9. The van der Waals surface area contributed by atoms with Crippen LogP contribution in [0.1, 0.15) is 12.8 Å². The lowest BCUT2D eigenvalue weighted by atomic mass is 10.2. The van der Waals surface area contributed by atoms with Gasteiger partial charge < -0.3 is 10.6 Å². The molecule has 0 bridgehead atoms. The molecule has 19 heavy (non-hydrogen) atoms. The molecule has 0 spiro atoms. The zero-order valence-electron chi connectivity index (χ0n) is 10.0. The summed E-state index contributed by atoms with van der Waals surface area (Å²) in [4.78, 5) is 11.9. The number of nitrogens with one attached hydrogen (secondary N) is 2. The first-order chi connectivity index (χ1) is 8.88. The van der Waals surface area contributed by atoms with Crippen molar-refractivity contribution in [2.75, 3.05) is 11.9 Å². The summed E-state index contributed by atoms with van der Waals surface area (Å²) in [7, 11) is -3.74. The average molecular weight is 348 g/mol. The van der Waals surface area contributed by atoms with Gasteiger partial charge in [0.25, 0.3) is 0 Å². The van der Waals surface area contributed by atoms with Gasteiger partial charge in [0.05, 0.1) is 16.6 Å². The number of hydrogen-bond donors (Lipinski definition) is 3. The lowest BCUT2D eigenvalue weighted by Gasteiger charge is -2.12. The molecule has 6 nitrogen and oxygen atoms in total. The molecule has 4 N–H and O–H groups in total. The molecule has 1 amide bonds. The highest BCUT2D eigenvalue weighted by Gasteiger charge is 2.22. The van der Waals surface area contributed by atoms with Crippen LogP contribution in [0.3, 0.4) is 0 Å². The molecule has 0 aliphatic carbocycles. The number of anilines is 1. The van der Waals surface area contributed by atoms with Crippen molar-refractivity contribution in [2.45, 2.75) is 23.8 Å². The number of nitrogens with two attached hydrogens (primary N) is 1. The van der Waals surface area contributed by atoms with Gasteiger partial charge in [0.15, 0.2) is 0 Å². The van der Waals surface area contributed by atoms with Crippen LogP contribution in [-0.4, -0.2) is 26.9 Å². The van der Waals surface area contributed by atoms with Gasteiger partial charge in [0, 0.05) is 4.47 Å². The fourth-order valence-electron chi connectivity index (χ4n) is 1.90. The van der Waals surface area contributed by atoms with E-state index in [1.807, 2.05) is 0 Å². The number of amides is 1. The summed E-state index contributed by atoms with van der Waals surface area (Å²) in [5.41, 5.74) is 0.520. The Bertz CT molecular complexity index is 597. The molecule has 1 aromatic carbocycles. The largest absolute Gasteiger partial charge is 0.324 e. The Kier molecular flexibility index (Phi) is 4.24. The monoisotopic (exact) mass is 347 g/mol. The van der Waals surface area contributed by atoms with Crippen LogP contribution in [0.15, 0.2) is 27.6 Å². The van der Waals surface area contributed by atoms with Gasteiger partial charge in [-0.05, 0) is 53.5 Å². The Morgan fingerprint density at radius 1 is 1.47 bits per heavy atom. The Balaban J connectivity index is 2.15. The molecule has 1 fully saturated rings. The third kappa shape index (κ3) is 3.53. The van der Waals surface area contributed by atoms with Crippen molar-refractivity contribution in [1.82, 2.24) is 5.32 Å². The number of sulfonamides is 1. The van der Waals surface area contributed by atoms with Gasteiger partial charge in [-0.3, -0.25) is 4.79 Å². The van der Waals surface area contributed by atoms with E-state index in [-0.39, 0.29) is 16.8 Å². The van der Waals surface area contributed by atoms with Crippen molar-refractivity contribution >= 4 is 37.5 Å². The van der Waals surface area contributed by atoms with E-state index < -0.39 is 10.0 Å². The maximum atomic E-state index is 11.9. The van der Waals surface area contributed by atoms with E-state index in [2.05, 4.69) is 26.6 Å². The Morgan fingerprint density at radius 2 is 2.21 bits per heavy atom. The van der Waals surface area contributed by atoms with E-state index in [1.165, 1.54) is 18.2 Å². The molecule has 0 saturated carbocycles. The second-order valence-corrected chi connectivity index (χ2v) is 6.74. The SMILES string of the molecule is NS(=O)(=O)c1ccc(NC(=O)[C@H]2CCCN2)c(Br)c1. The van der Waals surface area contributed by atoms with Crippen LogP contribution in [0.4, 0.5) is 5.69 Å². The first-order valence-corrected chi connectivity index (χ1v) is 8.08. The molecular weight excluding hydrogens is 334 g/mol. The summed E-state index contributed by atoms with van der Waals surface area (Å²) < 4.78 is 22.9. The molecule has 1 saturated heterocycles. The third-order valence-corrected chi connectivity index (χ3v) is 4.47. The van der Waals surface area contributed by atoms with Crippen molar-refractivity contribution in [1.29, 1.82) is 0 Å². The fourth-order valence-corrected chi connectivity index (χ4v) is 3.07. The van der Waals surface area contributed by atoms with E-state index in [0.717, 1.165) is 19.4 Å². The highest BCUT2D eigenvalue weighted by molar-refractivity contribution is 9.10. The van der Waals surface area contributed by atoms with E-state index >= 15 is 0 Å². The van der Waals surface area contributed by atoms with Crippen LogP contribution >= 0.6 is 15.9 Å². The molecule has 1 aromatic rings. The van der Waals surface area contributed by atoms with E-state index in [1.54, 1.807) is 0 Å². The maximum absolute atomic E-state index is 11.9. The van der Waals surface area contributed by atoms with Crippen LogP contribution in [-0.2, 0) is 14.8 Å². The second kappa shape index (κ2) is 5.58. The minimum atomic E-state index is -3.74. The molecule has 1 heterocycles. The molecule has 2 rings (SSSR count). The number of carbonyl (C=O) groups is 1. The molecule has 8 heteroatoms. The molecule has 1 atom stereocenters. The number of benzene rings is 1. The normalized spacial score (nSPS) is 19.4. The van der Waals surface area contributed by atoms with Crippen LogP contribution in [0.5, 0.6) is 0 Å². The van der Waals surface area contributed by atoms with Gasteiger partial charge in [-0.25, -0.2) is 13.6 Å². The second-order valence-electron chi connectivity index (χ2n) is 4.32. The molecular formula is C11H14BrN3O3S. The molecule has 0 radical (unpaired) electrons. The standard InChI is InChI=1S/C11H14BrN3O3S/c12-8-6-7(19(13,17)18)3-4-9(8)15-11(16)10-2-1-5-14-10/h3-4,6,10,14H,1-2,5H2,(H,15,16)(H2,13,17,18)/t10-/m1/s1. The topological polar surface area (TPSA) is 101 Å². The smallest absolute Gasteiger partial charge is 0.241 e.